The molecule has 3 heterocycles. The van der Waals surface area contributed by atoms with Gasteiger partial charge >= 0.3 is 0 Å². The average molecular weight is 403 g/mol. The molecule has 1 amide bonds. The molecule has 4 rings (SSSR count). The fourth-order valence-electron chi connectivity index (χ4n) is 4.83. The monoisotopic (exact) mass is 403 g/mol. The summed E-state index contributed by atoms with van der Waals surface area (Å²) in [6.45, 7) is 6.26. The first kappa shape index (κ1) is 20.0. The molecule has 7 heteroatoms. The molecule has 1 spiro atoms. The molecule has 2 fully saturated rings. The van der Waals surface area contributed by atoms with Crippen LogP contribution in [0.5, 0.6) is 0 Å². The van der Waals surface area contributed by atoms with Gasteiger partial charge in [0.25, 0.3) is 0 Å². The van der Waals surface area contributed by atoms with Gasteiger partial charge in [-0.05, 0) is 64.3 Å². The molecule has 0 aliphatic carbocycles. The van der Waals surface area contributed by atoms with E-state index in [0.29, 0.717) is 25.1 Å². The van der Waals surface area contributed by atoms with Crippen LogP contribution >= 0.6 is 0 Å². The molecule has 2 saturated heterocycles. The van der Waals surface area contributed by atoms with Gasteiger partial charge in [-0.3, -0.25) is 9.69 Å². The minimum absolute atomic E-state index is 0.176. The molecule has 156 valence electrons. The number of aromatic nitrogens is 1. The van der Waals surface area contributed by atoms with Crippen LogP contribution in [0.2, 0.25) is 0 Å². The van der Waals surface area contributed by atoms with Gasteiger partial charge in [0, 0.05) is 36.2 Å². The maximum absolute atomic E-state index is 14.1. The summed E-state index contributed by atoms with van der Waals surface area (Å²) >= 11 is 0. The molecule has 2 aromatic rings. The molecule has 1 aromatic carbocycles. The molecule has 2 aliphatic heterocycles. The highest BCUT2D eigenvalue weighted by atomic mass is 19.1. The first-order valence-corrected chi connectivity index (χ1v) is 10.3. The van der Waals surface area contributed by atoms with Gasteiger partial charge in [-0.15, -0.1) is 0 Å². The lowest BCUT2D eigenvalue weighted by atomic mass is 9.87. The van der Waals surface area contributed by atoms with E-state index in [1.165, 1.54) is 12.1 Å². The Morgan fingerprint density at radius 2 is 1.97 bits per heavy atom. The fraction of sp³-hybridized carbons (Fsp3) is 0.545. The second kappa shape index (κ2) is 7.86. The molecule has 1 aromatic heterocycles. The van der Waals surface area contributed by atoms with Crippen molar-refractivity contribution in [3.8, 4) is 0 Å². The number of carbonyl (C=O) groups excluding carboxylic acids is 1. The summed E-state index contributed by atoms with van der Waals surface area (Å²) in [6, 6.07) is 3.61. The number of amides is 1. The van der Waals surface area contributed by atoms with Crippen molar-refractivity contribution in [3.63, 3.8) is 0 Å². The van der Waals surface area contributed by atoms with E-state index < -0.39 is 5.82 Å². The predicted octanol–water partition coefficient (Wildman–Crippen LogP) is 4.12. The van der Waals surface area contributed by atoms with Crippen molar-refractivity contribution in [1.82, 2.24) is 15.0 Å². The Bertz CT molecular complexity index is 894. The lowest BCUT2D eigenvalue weighted by Gasteiger charge is -2.38. The van der Waals surface area contributed by atoms with Gasteiger partial charge < -0.3 is 9.42 Å². The highest BCUT2D eigenvalue weighted by Crippen LogP contribution is 2.40. The van der Waals surface area contributed by atoms with Crippen LogP contribution in [0.3, 0.4) is 0 Å². The number of nitrogens with zero attached hydrogens (tertiary/aromatic N) is 3. The van der Waals surface area contributed by atoms with Crippen LogP contribution in [-0.4, -0.2) is 39.5 Å². The van der Waals surface area contributed by atoms with Gasteiger partial charge in [-0.1, -0.05) is 5.16 Å². The molecular formula is C22H27F2N3O2. The highest BCUT2D eigenvalue weighted by Gasteiger charge is 2.46. The number of hydrogen-bond donors (Lipinski definition) is 0. The molecule has 0 saturated carbocycles. The number of halogens is 2. The minimum Gasteiger partial charge on any atom is -0.361 e. The van der Waals surface area contributed by atoms with Crippen LogP contribution in [0.4, 0.5) is 8.78 Å². The Hall–Kier alpha value is -2.28. The zero-order chi connectivity index (χ0) is 20.6. The van der Waals surface area contributed by atoms with E-state index in [2.05, 4.69) is 10.1 Å². The third kappa shape index (κ3) is 3.92. The summed E-state index contributed by atoms with van der Waals surface area (Å²) in [6.07, 6.45) is 4.07. The maximum atomic E-state index is 14.1. The summed E-state index contributed by atoms with van der Waals surface area (Å²) in [7, 11) is 0. The normalized spacial score (nSPS) is 23.2. The van der Waals surface area contributed by atoms with Crippen LogP contribution in [0.1, 0.15) is 54.7 Å². The zero-order valence-electron chi connectivity index (χ0n) is 17.0. The topological polar surface area (TPSA) is 49.6 Å². The average Bonchev–Trinajstić information content (AvgIpc) is 3.07. The predicted molar refractivity (Wildman–Crippen MR) is 104 cm³/mol. The molecule has 2 aliphatic rings. The number of benzene rings is 1. The second-order valence-electron chi connectivity index (χ2n) is 8.37. The summed E-state index contributed by atoms with van der Waals surface area (Å²) < 4.78 is 32.9. The van der Waals surface area contributed by atoms with Crippen LogP contribution in [-0.2, 0) is 17.9 Å². The van der Waals surface area contributed by atoms with Crippen molar-refractivity contribution in [1.29, 1.82) is 0 Å². The van der Waals surface area contributed by atoms with E-state index in [1.807, 2.05) is 18.7 Å². The summed E-state index contributed by atoms with van der Waals surface area (Å²) in [5.74, 6) is 0.143. The molecule has 0 bridgehead atoms. The molecule has 0 unspecified atom stereocenters. The third-order valence-corrected chi connectivity index (χ3v) is 6.59. The van der Waals surface area contributed by atoms with Gasteiger partial charge in [-0.2, -0.15) is 0 Å². The van der Waals surface area contributed by atoms with Gasteiger partial charge in [0.15, 0.2) is 0 Å². The molecule has 1 atom stereocenters. The fourth-order valence-corrected chi connectivity index (χ4v) is 4.83. The smallest absolute Gasteiger partial charge is 0.223 e. The Kier molecular flexibility index (Phi) is 5.42. The van der Waals surface area contributed by atoms with E-state index in [-0.39, 0.29) is 17.3 Å². The number of aryl methyl sites for hydroxylation is 2. The summed E-state index contributed by atoms with van der Waals surface area (Å²) in [4.78, 5) is 16.9. The van der Waals surface area contributed by atoms with Crippen LogP contribution in [0.25, 0.3) is 0 Å². The molecule has 29 heavy (non-hydrogen) atoms. The molecule has 0 radical (unpaired) electrons. The van der Waals surface area contributed by atoms with Crippen LogP contribution < -0.4 is 0 Å². The first-order chi connectivity index (χ1) is 13.9. The van der Waals surface area contributed by atoms with Crippen molar-refractivity contribution in [2.75, 3.05) is 13.1 Å². The Labute approximate surface area is 169 Å². The largest absolute Gasteiger partial charge is 0.361 e. The minimum atomic E-state index is -0.417. The lowest BCUT2D eigenvalue weighted by molar-refractivity contribution is -0.132. The van der Waals surface area contributed by atoms with Crippen molar-refractivity contribution >= 4 is 5.91 Å². The SMILES string of the molecule is Cc1noc(C)c1CN1C(=O)CC[C@@]12CCCN(Cc1cc(F)ccc1F)CC2. The Morgan fingerprint density at radius 1 is 1.14 bits per heavy atom. The molecule has 5 nitrogen and oxygen atoms in total. The Balaban J connectivity index is 1.49. The van der Waals surface area contributed by atoms with Gasteiger partial charge in [0.05, 0.1) is 12.2 Å². The highest BCUT2D eigenvalue weighted by molar-refractivity contribution is 5.79. The van der Waals surface area contributed by atoms with E-state index in [0.717, 1.165) is 61.9 Å². The zero-order valence-corrected chi connectivity index (χ0v) is 17.0. The van der Waals surface area contributed by atoms with Gasteiger partial charge in [0.1, 0.15) is 17.4 Å². The first-order valence-electron chi connectivity index (χ1n) is 10.3. The van der Waals surface area contributed by atoms with E-state index in [4.69, 9.17) is 4.52 Å². The lowest BCUT2D eigenvalue weighted by Crippen LogP contribution is -2.46. The van der Waals surface area contributed by atoms with Crippen molar-refractivity contribution in [3.05, 3.63) is 52.4 Å². The number of hydrogen-bond acceptors (Lipinski definition) is 4. The van der Waals surface area contributed by atoms with Crippen molar-refractivity contribution in [2.45, 2.75) is 64.6 Å². The number of rotatable bonds is 4. The third-order valence-electron chi connectivity index (χ3n) is 6.59. The van der Waals surface area contributed by atoms with Crippen molar-refractivity contribution < 1.29 is 18.1 Å². The number of carbonyl (C=O) groups is 1. The van der Waals surface area contributed by atoms with E-state index in [9.17, 15) is 13.6 Å². The van der Waals surface area contributed by atoms with Crippen LogP contribution in [0, 0.1) is 25.5 Å². The molecule has 0 N–H and O–H groups in total. The number of likely N-dealkylation sites (tertiary alicyclic amines) is 2. The molecular weight excluding hydrogens is 376 g/mol. The van der Waals surface area contributed by atoms with E-state index >= 15 is 0 Å². The standard InChI is InChI=1S/C22H27F2N3O2/c1-15-19(16(2)29-25-15)14-27-21(28)6-8-22(27)7-3-10-26(11-9-22)13-17-12-18(23)4-5-20(17)24/h4-5,12H,3,6-11,13-14H2,1-2H3/t22-/m1/s1. The van der Waals surface area contributed by atoms with Gasteiger partial charge in [0.2, 0.25) is 5.91 Å². The quantitative estimate of drug-likeness (QED) is 0.771. The second-order valence-corrected chi connectivity index (χ2v) is 8.37. The van der Waals surface area contributed by atoms with E-state index in [1.54, 1.807) is 0 Å². The Morgan fingerprint density at radius 3 is 2.72 bits per heavy atom. The summed E-state index contributed by atoms with van der Waals surface area (Å²) in [5, 5.41) is 4.02. The van der Waals surface area contributed by atoms with Crippen LogP contribution in [0.15, 0.2) is 22.7 Å². The maximum Gasteiger partial charge on any atom is 0.223 e. The van der Waals surface area contributed by atoms with Crippen molar-refractivity contribution in [2.24, 2.45) is 0 Å². The van der Waals surface area contributed by atoms with Gasteiger partial charge in [-0.25, -0.2) is 8.78 Å². The summed E-state index contributed by atoms with van der Waals surface area (Å²) in [5.41, 5.74) is 2.02.